The van der Waals surface area contributed by atoms with Crippen LogP contribution in [0.5, 0.6) is 0 Å². The standard InChI is InChI=1S/C26H29BrN2O3S/c1-29(2)25(30)18-10-8-17(9-11-18)24(33-15-16-6-4-3-5-7-16)19-12-21(27)20-14-23(26(31)32)28-22(20)13-19/h8-14,16,24,28H,3-7,15H2,1-2H3,(H,31,32). The van der Waals surface area contributed by atoms with E-state index in [4.69, 9.17) is 0 Å². The molecule has 0 spiro atoms. The molecular formula is C26H29BrN2O3S. The van der Waals surface area contributed by atoms with E-state index in [1.807, 2.05) is 36.0 Å². The van der Waals surface area contributed by atoms with E-state index < -0.39 is 5.97 Å². The summed E-state index contributed by atoms with van der Waals surface area (Å²) >= 11 is 5.59. The van der Waals surface area contributed by atoms with Gasteiger partial charge in [-0.05, 0) is 66.0 Å². The summed E-state index contributed by atoms with van der Waals surface area (Å²) in [5, 5.41) is 10.3. The number of nitrogens with zero attached hydrogens (tertiary/aromatic N) is 1. The van der Waals surface area contributed by atoms with Crippen molar-refractivity contribution in [3.05, 3.63) is 69.3 Å². The van der Waals surface area contributed by atoms with Crippen molar-refractivity contribution in [2.45, 2.75) is 37.4 Å². The van der Waals surface area contributed by atoms with Crippen LogP contribution in [-0.4, -0.2) is 46.7 Å². The van der Waals surface area contributed by atoms with Gasteiger partial charge in [-0.15, -0.1) is 11.8 Å². The van der Waals surface area contributed by atoms with Gasteiger partial charge in [0, 0.05) is 35.0 Å². The number of hydrogen-bond acceptors (Lipinski definition) is 3. The van der Waals surface area contributed by atoms with Gasteiger partial charge < -0.3 is 15.0 Å². The minimum atomic E-state index is -0.968. The average molecular weight is 530 g/mol. The number of carboxylic acid groups (broad SMARTS) is 1. The van der Waals surface area contributed by atoms with E-state index in [1.165, 1.54) is 32.1 Å². The lowest BCUT2D eigenvalue weighted by molar-refractivity contribution is 0.0691. The van der Waals surface area contributed by atoms with E-state index in [0.29, 0.717) is 5.56 Å². The first-order valence-electron chi connectivity index (χ1n) is 11.3. The Bertz CT molecular complexity index is 1150. The normalized spacial score (nSPS) is 15.5. The predicted octanol–water partition coefficient (Wildman–Crippen LogP) is 6.73. The number of H-pyrrole nitrogens is 1. The maximum absolute atomic E-state index is 12.3. The molecule has 33 heavy (non-hydrogen) atoms. The van der Waals surface area contributed by atoms with Crippen LogP contribution in [0.25, 0.3) is 10.9 Å². The van der Waals surface area contributed by atoms with Gasteiger partial charge in [-0.25, -0.2) is 4.79 Å². The summed E-state index contributed by atoms with van der Waals surface area (Å²) in [7, 11) is 3.52. The Morgan fingerprint density at radius 3 is 2.42 bits per heavy atom. The van der Waals surface area contributed by atoms with E-state index >= 15 is 0 Å². The molecule has 1 aliphatic rings. The molecule has 0 radical (unpaired) electrons. The second-order valence-electron chi connectivity index (χ2n) is 8.99. The molecule has 0 saturated heterocycles. The Labute approximate surface area is 207 Å². The second kappa shape index (κ2) is 10.3. The van der Waals surface area contributed by atoms with E-state index in [0.717, 1.165) is 38.2 Å². The minimum Gasteiger partial charge on any atom is -0.477 e. The highest BCUT2D eigenvalue weighted by atomic mass is 79.9. The lowest BCUT2D eigenvalue weighted by Gasteiger charge is -2.25. The molecule has 7 heteroatoms. The highest BCUT2D eigenvalue weighted by Gasteiger charge is 2.22. The third kappa shape index (κ3) is 5.46. The molecule has 5 nitrogen and oxygen atoms in total. The molecule has 2 aromatic carbocycles. The number of rotatable bonds is 7. The topological polar surface area (TPSA) is 73.4 Å². The fourth-order valence-corrected chi connectivity index (χ4v) is 6.58. The molecule has 1 heterocycles. The zero-order chi connectivity index (χ0) is 23.5. The number of nitrogens with one attached hydrogen (secondary N) is 1. The molecule has 0 aliphatic heterocycles. The highest BCUT2D eigenvalue weighted by Crippen LogP contribution is 2.41. The number of fused-ring (bicyclic) bond motifs is 1. The number of hydrogen-bond donors (Lipinski definition) is 2. The molecule has 1 aliphatic carbocycles. The van der Waals surface area contributed by atoms with Gasteiger partial charge in [0.15, 0.2) is 0 Å². The lowest BCUT2D eigenvalue weighted by atomic mass is 9.91. The van der Waals surface area contributed by atoms with Crippen LogP contribution in [-0.2, 0) is 0 Å². The summed E-state index contributed by atoms with van der Waals surface area (Å²) < 4.78 is 0.876. The molecule has 2 N–H and O–H groups in total. The molecule has 1 saturated carbocycles. The van der Waals surface area contributed by atoms with Crippen molar-refractivity contribution in [2.75, 3.05) is 19.8 Å². The van der Waals surface area contributed by atoms with Crippen molar-refractivity contribution in [1.29, 1.82) is 0 Å². The van der Waals surface area contributed by atoms with E-state index in [1.54, 1.807) is 25.1 Å². The number of carbonyl (C=O) groups is 2. The number of halogens is 1. The largest absolute Gasteiger partial charge is 0.477 e. The van der Waals surface area contributed by atoms with Crippen LogP contribution in [0.2, 0.25) is 0 Å². The number of aromatic carboxylic acids is 1. The van der Waals surface area contributed by atoms with Crippen molar-refractivity contribution in [1.82, 2.24) is 9.88 Å². The van der Waals surface area contributed by atoms with Gasteiger partial charge in [-0.2, -0.15) is 0 Å². The minimum absolute atomic E-state index is 0.00953. The SMILES string of the molecule is CN(C)C(=O)c1ccc(C(SCC2CCCCC2)c2cc(Br)c3cc(C(=O)O)[nH]c3c2)cc1. The molecule has 1 aromatic heterocycles. The number of aromatic amines is 1. The summed E-state index contributed by atoms with van der Waals surface area (Å²) in [5.74, 6) is 0.843. The lowest BCUT2D eigenvalue weighted by Crippen LogP contribution is -2.21. The number of benzene rings is 2. The number of carboxylic acids is 1. The summed E-state index contributed by atoms with van der Waals surface area (Å²) in [6.07, 6.45) is 6.55. The molecule has 1 unspecified atom stereocenters. The van der Waals surface area contributed by atoms with Crippen LogP contribution >= 0.6 is 27.7 Å². The monoisotopic (exact) mass is 528 g/mol. The molecule has 174 valence electrons. The van der Waals surface area contributed by atoms with Gasteiger partial charge in [0.25, 0.3) is 5.91 Å². The van der Waals surface area contributed by atoms with Crippen molar-refractivity contribution < 1.29 is 14.7 Å². The first-order chi connectivity index (χ1) is 15.8. The summed E-state index contributed by atoms with van der Waals surface area (Å²) in [4.78, 5) is 28.4. The fraction of sp³-hybridized carbons (Fsp3) is 0.385. The van der Waals surface area contributed by atoms with Gasteiger partial charge in [0.05, 0.1) is 5.25 Å². The van der Waals surface area contributed by atoms with Gasteiger partial charge in [-0.3, -0.25) is 4.79 Å². The number of amides is 1. The van der Waals surface area contributed by atoms with E-state index in [-0.39, 0.29) is 16.9 Å². The van der Waals surface area contributed by atoms with Gasteiger partial charge >= 0.3 is 5.97 Å². The summed E-state index contributed by atoms with van der Waals surface area (Å²) in [6.45, 7) is 0. The Kier molecular flexibility index (Phi) is 7.49. The van der Waals surface area contributed by atoms with Gasteiger partial charge in [-0.1, -0.05) is 47.3 Å². The second-order valence-corrected chi connectivity index (χ2v) is 11.0. The number of aromatic nitrogens is 1. The average Bonchev–Trinajstić information content (AvgIpc) is 3.25. The number of thioether (sulfide) groups is 1. The predicted molar refractivity (Wildman–Crippen MR) is 138 cm³/mol. The maximum Gasteiger partial charge on any atom is 0.352 e. The van der Waals surface area contributed by atoms with Crippen LogP contribution < -0.4 is 0 Å². The fourth-order valence-electron chi connectivity index (χ4n) is 4.51. The Balaban J connectivity index is 1.69. The van der Waals surface area contributed by atoms with Crippen LogP contribution in [0.4, 0.5) is 0 Å². The molecule has 3 aromatic rings. The first-order valence-corrected chi connectivity index (χ1v) is 13.2. The zero-order valence-electron chi connectivity index (χ0n) is 18.9. The van der Waals surface area contributed by atoms with Crippen molar-refractivity contribution in [2.24, 2.45) is 5.92 Å². The third-order valence-corrected chi connectivity index (χ3v) is 8.53. The number of carbonyl (C=O) groups excluding carboxylic acids is 1. The maximum atomic E-state index is 12.3. The van der Waals surface area contributed by atoms with E-state index in [9.17, 15) is 14.7 Å². The van der Waals surface area contributed by atoms with Crippen LogP contribution in [0.15, 0.2) is 46.9 Å². The van der Waals surface area contributed by atoms with Crippen molar-refractivity contribution in [3.63, 3.8) is 0 Å². The van der Waals surface area contributed by atoms with Crippen LogP contribution in [0, 0.1) is 5.92 Å². The van der Waals surface area contributed by atoms with Gasteiger partial charge in [0.2, 0.25) is 0 Å². The summed E-state index contributed by atoms with van der Waals surface area (Å²) in [5.41, 5.74) is 3.91. The quantitative estimate of drug-likeness (QED) is 0.356. The summed E-state index contributed by atoms with van der Waals surface area (Å²) in [6, 6.07) is 13.7. The Morgan fingerprint density at radius 2 is 1.79 bits per heavy atom. The molecule has 0 bridgehead atoms. The Hall–Kier alpha value is -2.25. The molecule has 4 rings (SSSR count). The van der Waals surface area contributed by atoms with Crippen molar-refractivity contribution in [3.8, 4) is 0 Å². The third-order valence-electron chi connectivity index (χ3n) is 6.33. The van der Waals surface area contributed by atoms with Crippen LogP contribution in [0.1, 0.15) is 69.3 Å². The molecule has 1 atom stereocenters. The molecule has 1 fully saturated rings. The Morgan fingerprint density at radius 1 is 1.09 bits per heavy atom. The first kappa shape index (κ1) is 23.9. The zero-order valence-corrected chi connectivity index (χ0v) is 21.3. The van der Waals surface area contributed by atoms with Crippen LogP contribution in [0.3, 0.4) is 0 Å². The molecule has 1 amide bonds. The van der Waals surface area contributed by atoms with Gasteiger partial charge in [0.1, 0.15) is 5.69 Å². The van der Waals surface area contributed by atoms with Crippen molar-refractivity contribution >= 4 is 50.5 Å². The molecular weight excluding hydrogens is 500 g/mol. The van der Waals surface area contributed by atoms with E-state index in [2.05, 4.69) is 33.0 Å². The highest BCUT2D eigenvalue weighted by molar-refractivity contribution is 9.10. The smallest absolute Gasteiger partial charge is 0.352 e.